The number of rotatable bonds is 2. The van der Waals surface area contributed by atoms with Crippen LogP contribution in [-0.4, -0.2) is 6.18 Å². The molecule has 1 rings (SSSR count). The van der Waals surface area contributed by atoms with Crippen molar-refractivity contribution in [2.45, 2.75) is 25.2 Å². The summed E-state index contributed by atoms with van der Waals surface area (Å²) in [6.07, 6.45) is -11.0. The highest BCUT2D eigenvalue weighted by molar-refractivity contribution is 5.29. The molecule has 0 aromatic heterocycles. The van der Waals surface area contributed by atoms with Gasteiger partial charge in [0.2, 0.25) is 0 Å². The van der Waals surface area contributed by atoms with Crippen LogP contribution in [0.2, 0.25) is 0 Å². The van der Waals surface area contributed by atoms with E-state index in [0.29, 0.717) is 0 Å². The lowest BCUT2D eigenvalue weighted by Crippen LogP contribution is -2.13. The fraction of sp³-hybridized carbons (Fsp3) is 0.400. The van der Waals surface area contributed by atoms with Crippen molar-refractivity contribution in [1.82, 2.24) is 0 Å². The summed E-state index contributed by atoms with van der Waals surface area (Å²) in [6, 6.07) is 4.29. The van der Waals surface area contributed by atoms with E-state index in [1.165, 1.54) is 6.07 Å². The summed E-state index contributed by atoms with van der Waals surface area (Å²) in [5.74, 6) is 0. The summed E-state index contributed by atoms with van der Waals surface area (Å²) >= 11 is 0. The smallest absolute Gasteiger partial charge is 0.171 e. The highest BCUT2D eigenvalue weighted by Crippen LogP contribution is 2.33. The van der Waals surface area contributed by atoms with E-state index < -0.39 is 30.8 Å². The van der Waals surface area contributed by atoms with Crippen molar-refractivity contribution in [1.29, 1.82) is 0 Å². The Morgan fingerprint density at radius 1 is 0.875 bits per heavy atom. The molecule has 0 aliphatic rings. The van der Waals surface area contributed by atoms with Crippen LogP contribution in [0.3, 0.4) is 0 Å². The lowest BCUT2D eigenvalue weighted by atomic mass is 10.0. The van der Waals surface area contributed by atoms with Gasteiger partial charge in [-0.1, -0.05) is 18.2 Å². The molecule has 1 aromatic carbocycles. The van der Waals surface area contributed by atoms with Crippen LogP contribution in [0.15, 0.2) is 24.3 Å². The molecule has 0 bridgehead atoms. The second-order valence-electron chi connectivity index (χ2n) is 3.27. The zero-order chi connectivity index (χ0) is 12.4. The average Bonchev–Trinajstić information content (AvgIpc) is 2.12. The number of benzene rings is 1. The highest BCUT2D eigenvalue weighted by atomic mass is 19.4. The summed E-state index contributed by atoms with van der Waals surface area (Å²) in [7, 11) is 0. The maximum Gasteiger partial charge on any atom is 0.416 e. The molecular weight excluding hydrogens is 234 g/mol. The number of hydrogen-bond acceptors (Lipinski definition) is 0. The molecule has 0 spiro atoms. The third-order valence-electron chi connectivity index (χ3n) is 2.00. The molecule has 0 unspecified atom stereocenters. The van der Waals surface area contributed by atoms with Crippen LogP contribution in [-0.2, 0) is 12.6 Å². The van der Waals surface area contributed by atoms with Crippen LogP contribution in [0.1, 0.15) is 17.5 Å². The lowest BCUT2D eigenvalue weighted by Gasteiger charge is -2.13. The molecule has 0 saturated carbocycles. The van der Waals surface area contributed by atoms with Crippen molar-refractivity contribution in [3.63, 3.8) is 0 Å². The van der Waals surface area contributed by atoms with Crippen LogP contribution in [0.4, 0.5) is 26.3 Å². The van der Waals surface area contributed by atoms with Crippen molar-refractivity contribution < 1.29 is 26.3 Å². The van der Waals surface area contributed by atoms with Crippen molar-refractivity contribution >= 4 is 0 Å². The van der Waals surface area contributed by atoms with E-state index in [9.17, 15) is 26.3 Å². The van der Waals surface area contributed by atoms with E-state index >= 15 is 0 Å². The zero-order valence-corrected chi connectivity index (χ0v) is 7.99. The van der Waals surface area contributed by atoms with E-state index in [-0.39, 0.29) is 5.56 Å². The summed E-state index contributed by atoms with van der Waals surface area (Å²) in [5.41, 5.74) is -1.33. The van der Waals surface area contributed by atoms with Gasteiger partial charge in [0.1, 0.15) is 0 Å². The first-order valence-electron chi connectivity index (χ1n) is 4.42. The Hall–Kier alpha value is -1.20. The number of halogens is 6. The van der Waals surface area contributed by atoms with Gasteiger partial charge in [-0.05, 0) is 18.1 Å². The monoisotopic (exact) mass is 242 g/mol. The normalized spacial score (nSPS) is 12.9. The number of alkyl halides is 6. The van der Waals surface area contributed by atoms with Crippen LogP contribution >= 0.6 is 0 Å². The molecule has 0 saturated heterocycles. The third kappa shape index (κ3) is 3.75. The Morgan fingerprint density at radius 3 is 1.94 bits per heavy atom. The first kappa shape index (κ1) is 12.9. The largest absolute Gasteiger partial charge is 0.416 e. The molecule has 0 aliphatic carbocycles. The lowest BCUT2D eigenvalue weighted by molar-refractivity contribution is -0.141. The quantitative estimate of drug-likeness (QED) is 0.682. The van der Waals surface area contributed by atoms with Gasteiger partial charge >= 0.3 is 12.4 Å². The molecule has 16 heavy (non-hydrogen) atoms. The topological polar surface area (TPSA) is 0 Å². The summed E-state index contributed by atoms with van der Waals surface area (Å²) < 4.78 is 72.8. The molecule has 0 aliphatic heterocycles. The Labute approximate surface area is 87.9 Å². The minimum Gasteiger partial charge on any atom is -0.171 e. The van der Waals surface area contributed by atoms with Gasteiger partial charge in [0.05, 0.1) is 5.56 Å². The predicted molar refractivity (Wildman–Crippen MR) is 45.8 cm³/mol. The Morgan fingerprint density at radius 2 is 1.44 bits per heavy atom. The molecule has 1 aromatic rings. The minimum absolute atomic E-state index is 0.327. The van der Waals surface area contributed by atoms with Crippen LogP contribution in [0.5, 0.6) is 0 Å². The first-order valence-corrected chi connectivity index (χ1v) is 4.42. The third-order valence-corrected chi connectivity index (χ3v) is 2.00. The van der Waals surface area contributed by atoms with Gasteiger partial charge < -0.3 is 0 Å². The molecule has 6 heteroatoms. The SMILES string of the molecule is FC(F)(F)CCc1ccccc1C(F)(F)F. The van der Waals surface area contributed by atoms with E-state index in [1.807, 2.05) is 0 Å². The summed E-state index contributed by atoms with van der Waals surface area (Å²) in [4.78, 5) is 0. The molecule has 0 fully saturated rings. The van der Waals surface area contributed by atoms with Crippen molar-refractivity contribution in [3.8, 4) is 0 Å². The van der Waals surface area contributed by atoms with Crippen LogP contribution in [0.25, 0.3) is 0 Å². The van der Waals surface area contributed by atoms with Gasteiger partial charge in [-0.25, -0.2) is 0 Å². The fourth-order valence-corrected chi connectivity index (χ4v) is 1.29. The molecule has 0 heterocycles. The Kier molecular flexibility index (Phi) is 3.50. The standard InChI is InChI=1S/C10H8F6/c11-9(12,13)6-5-7-3-1-2-4-8(7)10(14,15)16/h1-4H,5-6H2. The molecule has 0 N–H and O–H groups in total. The maximum atomic E-state index is 12.4. The molecule has 0 nitrogen and oxygen atoms in total. The second kappa shape index (κ2) is 4.35. The molecular formula is C10H8F6. The van der Waals surface area contributed by atoms with Gasteiger partial charge in [-0.3, -0.25) is 0 Å². The van der Waals surface area contributed by atoms with Gasteiger partial charge in [0, 0.05) is 6.42 Å². The second-order valence-corrected chi connectivity index (χ2v) is 3.27. The van der Waals surface area contributed by atoms with Gasteiger partial charge in [-0.15, -0.1) is 0 Å². The van der Waals surface area contributed by atoms with Crippen LogP contribution < -0.4 is 0 Å². The van der Waals surface area contributed by atoms with Gasteiger partial charge in [0.25, 0.3) is 0 Å². The minimum atomic E-state index is -4.61. The van der Waals surface area contributed by atoms with Crippen molar-refractivity contribution in [2.75, 3.05) is 0 Å². The Balaban J connectivity index is 2.88. The zero-order valence-electron chi connectivity index (χ0n) is 7.99. The average molecular weight is 242 g/mol. The maximum absolute atomic E-state index is 12.4. The highest BCUT2D eigenvalue weighted by Gasteiger charge is 2.34. The molecule has 0 amide bonds. The number of aryl methyl sites for hydroxylation is 1. The van der Waals surface area contributed by atoms with Crippen molar-refractivity contribution in [2.24, 2.45) is 0 Å². The van der Waals surface area contributed by atoms with E-state index in [0.717, 1.165) is 18.2 Å². The summed E-state index contributed by atoms with van der Waals surface area (Å²) in [6.45, 7) is 0. The molecule has 90 valence electrons. The summed E-state index contributed by atoms with van der Waals surface area (Å²) in [5, 5.41) is 0. The van der Waals surface area contributed by atoms with Gasteiger partial charge in [-0.2, -0.15) is 26.3 Å². The number of hydrogen-bond donors (Lipinski definition) is 0. The predicted octanol–water partition coefficient (Wildman–Crippen LogP) is 4.20. The van der Waals surface area contributed by atoms with Crippen molar-refractivity contribution in [3.05, 3.63) is 35.4 Å². The van der Waals surface area contributed by atoms with Crippen LogP contribution in [0, 0.1) is 0 Å². The first-order chi connectivity index (χ1) is 7.20. The van der Waals surface area contributed by atoms with E-state index in [1.54, 1.807) is 0 Å². The molecule has 0 atom stereocenters. The molecule has 0 radical (unpaired) electrons. The van der Waals surface area contributed by atoms with Gasteiger partial charge in [0.15, 0.2) is 0 Å². The van der Waals surface area contributed by atoms with E-state index in [2.05, 4.69) is 0 Å². The Bertz CT molecular complexity index is 349. The fourth-order valence-electron chi connectivity index (χ4n) is 1.29. The van der Waals surface area contributed by atoms with E-state index in [4.69, 9.17) is 0 Å².